The molecule has 64 heavy (non-hydrogen) atoms. The third kappa shape index (κ3) is 6.37. The molecular weight excluding hydrogens is 809 g/mol. The molecular formula is C60H54N2SSi. The van der Waals surface area contributed by atoms with Crippen LogP contribution in [0.1, 0.15) is 49.9 Å². The first-order valence-electron chi connectivity index (χ1n) is 22.8. The monoisotopic (exact) mass is 862 g/mol. The molecule has 9 aromatic rings. The van der Waals surface area contributed by atoms with Crippen LogP contribution in [-0.2, 0) is 9.79 Å². The van der Waals surface area contributed by atoms with Gasteiger partial charge in [0, 0.05) is 44.4 Å². The summed E-state index contributed by atoms with van der Waals surface area (Å²) in [6, 6.07) is 72.6. The van der Waals surface area contributed by atoms with Crippen molar-refractivity contribution in [3.63, 3.8) is 0 Å². The van der Waals surface area contributed by atoms with Crippen LogP contribution in [-0.4, -0.2) is 13.3 Å². The highest BCUT2D eigenvalue weighted by Gasteiger charge is 2.51. The van der Waals surface area contributed by atoms with Crippen molar-refractivity contribution in [2.24, 2.45) is 0 Å². The first kappa shape index (κ1) is 40.4. The Bertz CT molecular complexity index is 3260. The van der Waals surface area contributed by atoms with Crippen LogP contribution in [0.25, 0.3) is 43.8 Å². The summed E-state index contributed by atoms with van der Waals surface area (Å²) in [4.78, 5) is 4.88. The molecule has 2 aliphatic rings. The third-order valence-electron chi connectivity index (χ3n) is 14.3. The van der Waals surface area contributed by atoms with Crippen LogP contribution in [0.2, 0.25) is 19.6 Å². The SMILES string of the molecule is CC(C)SC1(C)c2cc(N(c3ccccc3)c3ccc4ccccc4c3)ccc2-c2cc3c(cc21)-c1ccc(N(c2ccccc2)c2ccc4ccccc4c2)cc1C3(C)[Si](C)(C)C. The van der Waals surface area contributed by atoms with Crippen LogP contribution in [0.3, 0.4) is 0 Å². The molecule has 0 spiro atoms. The largest absolute Gasteiger partial charge is 0.310 e. The van der Waals surface area contributed by atoms with Gasteiger partial charge in [-0.3, -0.25) is 0 Å². The number of benzene rings is 9. The Hall–Kier alpha value is -6.33. The molecule has 0 bridgehead atoms. The average molecular weight is 863 g/mol. The van der Waals surface area contributed by atoms with E-state index in [4.69, 9.17) is 0 Å². The van der Waals surface area contributed by atoms with E-state index in [-0.39, 0.29) is 9.79 Å². The Kier molecular flexibility index (Phi) is 9.57. The number of hydrogen-bond acceptors (Lipinski definition) is 3. The van der Waals surface area contributed by atoms with Crippen LogP contribution in [0.15, 0.2) is 194 Å². The van der Waals surface area contributed by atoms with Crippen molar-refractivity contribution in [2.75, 3.05) is 9.80 Å². The van der Waals surface area contributed by atoms with Gasteiger partial charge in [-0.1, -0.05) is 150 Å². The molecule has 9 aromatic carbocycles. The second-order valence-corrected chi connectivity index (χ2v) is 26.9. The van der Waals surface area contributed by atoms with E-state index in [0.717, 1.165) is 22.7 Å². The lowest BCUT2D eigenvalue weighted by Crippen LogP contribution is -2.46. The molecule has 314 valence electrons. The number of thioether (sulfide) groups is 1. The van der Waals surface area contributed by atoms with Crippen LogP contribution in [0, 0.1) is 0 Å². The van der Waals surface area contributed by atoms with Crippen molar-refractivity contribution in [2.45, 2.75) is 62.4 Å². The van der Waals surface area contributed by atoms with Gasteiger partial charge in [-0.2, -0.15) is 0 Å². The van der Waals surface area contributed by atoms with Gasteiger partial charge >= 0.3 is 0 Å². The molecule has 0 saturated carbocycles. The molecule has 0 fully saturated rings. The maximum Gasteiger partial charge on any atom is 0.0644 e. The lowest BCUT2D eigenvalue weighted by molar-refractivity contribution is 0.798. The number of hydrogen-bond donors (Lipinski definition) is 0. The Balaban J connectivity index is 1.08. The van der Waals surface area contributed by atoms with Crippen LogP contribution >= 0.6 is 11.8 Å². The van der Waals surface area contributed by atoms with E-state index in [1.54, 1.807) is 0 Å². The number of anilines is 6. The molecule has 2 aliphatic carbocycles. The van der Waals surface area contributed by atoms with Gasteiger partial charge in [0.1, 0.15) is 0 Å². The molecule has 11 rings (SSSR count). The number of nitrogens with zero attached hydrogens (tertiary/aromatic N) is 2. The molecule has 0 heterocycles. The van der Waals surface area contributed by atoms with Crippen LogP contribution < -0.4 is 9.80 Å². The molecule has 0 N–H and O–H groups in total. The Morgan fingerprint density at radius 2 is 0.750 bits per heavy atom. The molecule has 2 unspecified atom stereocenters. The fourth-order valence-corrected chi connectivity index (χ4v) is 14.4. The number of fused-ring (bicyclic) bond motifs is 8. The van der Waals surface area contributed by atoms with Crippen molar-refractivity contribution in [1.82, 2.24) is 0 Å². The average Bonchev–Trinajstić information content (AvgIpc) is 3.70. The zero-order valence-electron chi connectivity index (χ0n) is 37.9. The summed E-state index contributed by atoms with van der Waals surface area (Å²) in [5, 5.41) is 5.28. The molecule has 0 radical (unpaired) electrons. The van der Waals surface area contributed by atoms with E-state index < -0.39 is 8.07 Å². The summed E-state index contributed by atoms with van der Waals surface area (Å²) in [5.74, 6) is 0. The fraction of sp³-hybridized carbons (Fsp3) is 0.167. The minimum Gasteiger partial charge on any atom is -0.310 e. The summed E-state index contributed by atoms with van der Waals surface area (Å²) in [7, 11) is -1.94. The molecule has 2 nitrogen and oxygen atoms in total. The quantitative estimate of drug-likeness (QED) is 0.134. The standard InChI is InChI=1S/C60H54N2SSi/c1-40(2)63-59(3)55-36-49(61(45-22-10-8-11-23-45)47-28-26-41-18-14-16-20-43(41)34-47)30-32-51(55)53-39-58-54(38-56(53)59)52-33-31-50(37-57(52)60(58,4)64(5,6)7)62(46-24-12-9-13-25-46)48-29-27-42-19-15-17-21-44(42)35-48/h8-40H,1-7H3. The van der Waals surface area contributed by atoms with Gasteiger partial charge in [0.05, 0.1) is 12.8 Å². The maximum absolute atomic E-state index is 2.63. The summed E-state index contributed by atoms with van der Waals surface area (Å²) in [6.45, 7) is 17.4. The van der Waals surface area contributed by atoms with Crippen molar-refractivity contribution in [3.8, 4) is 22.3 Å². The molecule has 0 saturated heterocycles. The summed E-state index contributed by atoms with van der Waals surface area (Å²) < 4.78 is -0.256. The molecule has 2 atom stereocenters. The first-order valence-corrected chi connectivity index (χ1v) is 27.1. The molecule has 4 heteroatoms. The first-order chi connectivity index (χ1) is 30.9. The highest BCUT2D eigenvalue weighted by atomic mass is 32.2. The summed E-state index contributed by atoms with van der Waals surface area (Å²) in [5.41, 5.74) is 18.2. The zero-order chi connectivity index (χ0) is 44.0. The van der Waals surface area contributed by atoms with E-state index in [2.05, 4.69) is 263 Å². The van der Waals surface area contributed by atoms with Gasteiger partial charge in [-0.05, 0) is 158 Å². The van der Waals surface area contributed by atoms with Crippen molar-refractivity contribution >= 4 is 75.5 Å². The van der Waals surface area contributed by atoms with Gasteiger partial charge in [0.2, 0.25) is 0 Å². The van der Waals surface area contributed by atoms with Gasteiger partial charge < -0.3 is 9.80 Å². The zero-order valence-corrected chi connectivity index (χ0v) is 39.7. The summed E-state index contributed by atoms with van der Waals surface area (Å²) in [6.07, 6.45) is 0. The second-order valence-electron chi connectivity index (χ2n) is 19.4. The Labute approximate surface area is 384 Å². The van der Waals surface area contributed by atoms with Gasteiger partial charge in [-0.25, -0.2) is 0 Å². The van der Waals surface area contributed by atoms with Gasteiger partial charge in [0.25, 0.3) is 0 Å². The number of rotatable bonds is 9. The predicted octanol–water partition coefficient (Wildman–Crippen LogP) is 17.5. The Morgan fingerprint density at radius 1 is 0.375 bits per heavy atom. The second kappa shape index (κ2) is 15.1. The minimum atomic E-state index is -1.94. The smallest absolute Gasteiger partial charge is 0.0644 e. The van der Waals surface area contributed by atoms with Gasteiger partial charge in [-0.15, -0.1) is 11.8 Å². The lowest BCUT2D eigenvalue weighted by atomic mass is 9.91. The maximum atomic E-state index is 2.63. The van der Waals surface area contributed by atoms with E-state index in [9.17, 15) is 0 Å². The molecule has 0 aromatic heterocycles. The normalized spacial score (nSPS) is 17.3. The van der Waals surface area contributed by atoms with E-state index in [1.165, 1.54) is 77.4 Å². The molecule has 0 amide bonds. The Morgan fingerprint density at radius 3 is 1.25 bits per heavy atom. The van der Waals surface area contributed by atoms with E-state index >= 15 is 0 Å². The van der Waals surface area contributed by atoms with E-state index in [0.29, 0.717) is 5.25 Å². The van der Waals surface area contributed by atoms with Crippen LogP contribution in [0.4, 0.5) is 34.1 Å². The number of para-hydroxylation sites is 2. The predicted molar refractivity (Wildman–Crippen MR) is 281 cm³/mol. The van der Waals surface area contributed by atoms with E-state index in [1.807, 2.05) is 0 Å². The lowest BCUT2D eigenvalue weighted by Gasteiger charge is -2.40. The minimum absolute atomic E-state index is 0.126. The topological polar surface area (TPSA) is 6.48 Å². The van der Waals surface area contributed by atoms with Gasteiger partial charge in [0.15, 0.2) is 0 Å². The fourth-order valence-electron chi connectivity index (χ4n) is 10.9. The van der Waals surface area contributed by atoms with Crippen molar-refractivity contribution in [3.05, 3.63) is 216 Å². The highest BCUT2D eigenvalue weighted by Crippen LogP contribution is 2.62. The highest BCUT2D eigenvalue weighted by molar-refractivity contribution is 8.01. The van der Waals surface area contributed by atoms with Crippen LogP contribution in [0.5, 0.6) is 0 Å². The third-order valence-corrected chi connectivity index (χ3v) is 19.3. The van der Waals surface area contributed by atoms with Crippen molar-refractivity contribution in [1.29, 1.82) is 0 Å². The summed E-state index contributed by atoms with van der Waals surface area (Å²) >= 11 is 2.08. The van der Waals surface area contributed by atoms with Crippen molar-refractivity contribution < 1.29 is 0 Å². The molecule has 0 aliphatic heterocycles.